The van der Waals surface area contributed by atoms with Gasteiger partial charge in [-0.15, -0.1) is 0 Å². The predicted octanol–water partition coefficient (Wildman–Crippen LogP) is 1.24. The number of hydrogen-bond acceptors (Lipinski definition) is 3. The first-order valence-electron chi connectivity index (χ1n) is 6.24. The summed E-state index contributed by atoms with van der Waals surface area (Å²) in [5, 5.41) is 3.13. The fourth-order valence-corrected chi connectivity index (χ4v) is 3.63. The zero-order valence-electron chi connectivity index (χ0n) is 10.3. The van der Waals surface area contributed by atoms with Crippen molar-refractivity contribution < 1.29 is 8.42 Å². The van der Waals surface area contributed by atoms with Crippen molar-refractivity contribution in [3.8, 4) is 0 Å². The Bertz CT molecular complexity index is 282. The number of hydrogen-bond donors (Lipinski definition) is 2. The van der Waals surface area contributed by atoms with Crippen molar-refractivity contribution in [2.24, 2.45) is 0 Å². The van der Waals surface area contributed by atoms with Gasteiger partial charge in [-0.05, 0) is 25.8 Å². The van der Waals surface area contributed by atoms with Gasteiger partial charge in [-0.1, -0.05) is 26.7 Å². The van der Waals surface area contributed by atoms with Gasteiger partial charge >= 0.3 is 0 Å². The molecule has 4 nitrogen and oxygen atoms in total. The van der Waals surface area contributed by atoms with Gasteiger partial charge in [-0.3, -0.25) is 0 Å². The van der Waals surface area contributed by atoms with Gasteiger partial charge in [-0.25, -0.2) is 13.1 Å². The molecule has 1 aliphatic rings. The standard InChI is InChI=1S/C11H24N2O2S/c1-10(2)12-8-5-9-13-16(14,15)11-6-3-4-7-11/h10-13H,3-9H2,1-2H3. The molecule has 0 aromatic heterocycles. The van der Waals surface area contributed by atoms with Gasteiger partial charge in [0.1, 0.15) is 0 Å². The van der Waals surface area contributed by atoms with E-state index in [1.807, 2.05) is 0 Å². The maximum Gasteiger partial charge on any atom is 0.214 e. The van der Waals surface area contributed by atoms with E-state index in [4.69, 9.17) is 0 Å². The van der Waals surface area contributed by atoms with Crippen LogP contribution in [0.3, 0.4) is 0 Å². The van der Waals surface area contributed by atoms with Crippen LogP contribution in [0.4, 0.5) is 0 Å². The minimum Gasteiger partial charge on any atom is -0.314 e. The minimum atomic E-state index is -3.04. The molecule has 0 heterocycles. The molecule has 16 heavy (non-hydrogen) atoms. The van der Waals surface area contributed by atoms with Crippen LogP contribution in [0.25, 0.3) is 0 Å². The van der Waals surface area contributed by atoms with E-state index in [2.05, 4.69) is 23.9 Å². The van der Waals surface area contributed by atoms with Crippen LogP contribution in [-0.2, 0) is 10.0 Å². The lowest BCUT2D eigenvalue weighted by molar-refractivity contribution is 0.546. The summed E-state index contributed by atoms with van der Waals surface area (Å²) in [6.45, 7) is 5.59. The molecular formula is C11H24N2O2S. The summed E-state index contributed by atoms with van der Waals surface area (Å²) in [5.74, 6) is 0. The van der Waals surface area contributed by atoms with Gasteiger partial charge in [0.05, 0.1) is 5.25 Å². The maximum atomic E-state index is 11.8. The predicted molar refractivity (Wildman–Crippen MR) is 66.9 cm³/mol. The average Bonchev–Trinajstić information content (AvgIpc) is 2.69. The fourth-order valence-electron chi connectivity index (χ4n) is 2.01. The largest absolute Gasteiger partial charge is 0.314 e. The highest BCUT2D eigenvalue weighted by Crippen LogP contribution is 2.23. The minimum absolute atomic E-state index is 0.134. The van der Waals surface area contributed by atoms with E-state index in [1.165, 1.54) is 0 Å². The second kappa shape index (κ2) is 6.57. The first-order chi connectivity index (χ1) is 7.52. The Morgan fingerprint density at radius 2 is 1.81 bits per heavy atom. The monoisotopic (exact) mass is 248 g/mol. The lowest BCUT2D eigenvalue weighted by Gasteiger charge is -2.13. The molecular weight excluding hydrogens is 224 g/mol. The van der Waals surface area contributed by atoms with E-state index in [0.717, 1.165) is 38.6 Å². The molecule has 0 spiro atoms. The van der Waals surface area contributed by atoms with Crippen LogP contribution in [0, 0.1) is 0 Å². The first-order valence-corrected chi connectivity index (χ1v) is 7.79. The van der Waals surface area contributed by atoms with Gasteiger partial charge in [0.25, 0.3) is 0 Å². The van der Waals surface area contributed by atoms with Gasteiger partial charge in [0.15, 0.2) is 0 Å². The van der Waals surface area contributed by atoms with Crippen molar-refractivity contribution >= 4 is 10.0 Å². The third-order valence-electron chi connectivity index (χ3n) is 2.95. The topological polar surface area (TPSA) is 58.2 Å². The van der Waals surface area contributed by atoms with Crippen LogP contribution < -0.4 is 10.0 Å². The Balaban J connectivity index is 2.16. The van der Waals surface area contributed by atoms with E-state index >= 15 is 0 Å². The SMILES string of the molecule is CC(C)NCCCNS(=O)(=O)C1CCCC1. The average molecular weight is 248 g/mol. The summed E-state index contributed by atoms with van der Waals surface area (Å²) in [5.41, 5.74) is 0. The zero-order chi connectivity index (χ0) is 12.0. The van der Waals surface area contributed by atoms with Crippen LogP contribution in [0.1, 0.15) is 46.0 Å². The summed E-state index contributed by atoms with van der Waals surface area (Å²) in [7, 11) is -3.04. The van der Waals surface area contributed by atoms with E-state index in [1.54, 1.807) is 0 Å². The Hall–Kier alpha value is -0.130. The highest BCUT2D eigenvalue weighted by Gasteiger charge is 2.27. The second-order valence-corrected chi connectivity index (χ2v) is 6.85. The highest BCUT2D eigenvalue weighted by molar-refractivity contribution is 7.90. The molecule has 0 aromatic carbocycles. The van der Waals surface area contributed by atoms with Crippen molar-refractivity contribution in [3.05, 3.63) is 0 Å². The number of sulfonamides is 1. The molecule has 1 fully saturated rings. The molecule has 0 unspecified atom stereocenters. The molecule has 2 N–H and O–H groups in total. The lowest BCUT2D eigenvalue weighted by atomic mass is 10.3. The van der Waals surface area contributed by atoms with E-state index < -0.39 is 10.0 Å². The summed E-state index contributed by atoms with van der Waals surface area (Å²) in [4.78, 5) is 0. The van der Waals surface area contributed by atoms with Crippen molar-refractivity contribution in [1.82, 2.24) is 10.0 Å². The van der Waals surface area contributed by atoms with Crippen LogP contribution in [0.15, 0.2) is 0 Å². The number of nitrogens with one attached hydrogen (secondary N) is 2. The molecule has 0 aromatic rings. The molecule has 0 bridgehead atoms. The van der Waals surface area contributed by atoms with E-state index in [-0.39, 0.29) is 5.25 Å². The van der Waals surface area contributed by atoms with Crippen LogP contribution in [0.5, 0.6) is 0 Å². The second-order valence-electron chi connectivity index (χ2n) is 4.81. The van der Waals surface area contributed by atoms with Crippen molar-refractivity contribution in [3.63, 3.8) is 0 Å². The molecule has 5 heteroatoms. The molecule has 0 aliphatic heterocycles. The smallest absolute Gasteiger partial charge is 0.214 e. The lowest BCUT2D eigenvalue weighted by Crippen LogP contribution is -2.35. The molecule has 1 rings (SSSR count). The van der Waals surface area contributed by atoms with Crippen LogP contribution in [0.2, 0.25) is 0 Å². The summed E-state index contributed by atoms with van der Waals surface area (Å²) < 4.78 is 26.3. The van der Waals surface area contributed by atoms with Gasteiger partial charge < -0.3 is 5.32 Å². The van der Waals surface area contributed by atoms with E-state index in [9.17, 15) is 8.42 Å². The molecule has 1 saturated carbocycles. The van der Waals surface area contributed by atoms with Crippen LogP contribution >= 0.6 is 0 Å². The molecule has 96 valence electrons. The Kier molecular flexibility index (Phi) is 5.72. The van der Waals surface area contributed by atoms with Gasteiger partial charge in [-0.2, -0.15) is 0 Å². The first kappa shape index (κ1) is 13.9. The molecule has 0 amide bonds. The molecule has 1 aliphatic carbocycles. The quantitative estimate of drug-likeness (QED) is 0.666. The van der Waals surface area contributed by atoms with Gasteiger partial charge in [0.2, 0.25) is 10.0 Å². The Morgan fingerprint density at radius 3 is 2.38 bits per heavy atom. The van der Waals surface area contributed by atoms with Crippen molar-refractivity contribution in [2.45, 2.75) is 57.2 Å². The summed E-state index contributed by atoms with van der Waals surface area (Å²) in [6.07, 6.45) is 4.63. The maximum absolute atomic E-state index is 11.8. The molecule has 0 radical (unpaired) electrons. The fraction of sp³-hybridized carbons (Fsp3) is 1.00. The van der Waals surface area contributed by atoms with Gasteiger partial charge in [0, 0.05) is 12.6 Å². The Morgan fingerprint density at radius 1 is 1.19 bits per heavy atom. The van der Waals surface area contributed by atoms with E-state index in [0.29, 0.717) is 12.6 Å². The van der Waals surface area contributed by atoms with Crippen LogP contribution in [-0.4, -0.2) is 32.8 Å². The highest BCUT2D eigenvalue weighted by atomic mass is 32.2. The number of rotatable bonds is 7. The third-order valence-corrected chi connectivity index (χ3v) is 4.91. The zero-order valence-corrected chi connectivity index (χ0v) is 11.1. The molecule has 0 saturated heterocycles. The Labute approximate surface area is 99.2 Å². The summed E-state index contributed by atoms with van der Waals surface area (Å²) >= 11 is 0. The normalized spacial score (nSPS) is 18.4. The van der Waals surface area contributed by atoms with Crippen molar-refractivity contribution in [2.75, 3.05) is 13.1 Å². The third kappa shape index (κ3) is 4.80. The molecule has 0 atom stereocenters. The summed E-state index contributed by atoms with van der Waals surface area (Å²) in [6, 6.07) is 0.464. The van der Waals surface area contributed by atoms with Crippen molar-refractivity contribution in [1.29, 1.82) is 0 Å².